The first-order valence-corrected chi connectivity index (χ1v) is 9.21. The van der Waals surface area contributed by atoms with Crippen molar-refractivity contribution in [2.75, 3.05) is 21.3 Å². The van der Waals surface area contributed by atoms with Crippen LogP contribution < -0.4 is 19.5 Å². The Bertz CT molecular complexity index is 846. The molecule has 0 radical (unpaired) electrons. The van der Waals surface area contributed by atoms with Crippen LogP contribution in [0.3, 0.4) is 0 Å². The number of hydrogen-bond donors (Lipinski definition) is 2. The van der Waals surface area contributed by atoms with Crippen molar-refractivity contribution < 1.29 is 37.3 Å². The fourth-order valence-electron chi connectivity index (χ4n) is 2.57. The van der Waals surface area contributed by atoms with Gasteiger partial charge in [0, 0.05) is 17.6 Å². The van der Waals surface area contributed by atoms with Crippen LogP contribution in [-0.2, 0) is 16.9 Å². The summed E-state index contributed by atoms with van der Waals surface area (Å²) in [5, 5.41) is 13.4. The zero-order valence-electron chi connectivity index (χ0n) is 16.2. The molecule has 2 N–H and O–H groups in total. The van der Waals surface area contributed by atoms with E-state index in [2.05, 4.69) is 10.3 Å². The monoisotopic (exact) mass is 434 g/mol. The van der Waals surface area contributed by atoms with E-state index in [0.29, 0.717) is 39.8 Å². The van der Waals surface area contributed by atoms with E-state index in [9.17, 15) is 23.1 Å². The van der Waals surface area contributed by atoms with Crippen molar-refractivity contribution >= 4 is 17.2 Å². The number of amides is 1. The van der Waals surface area contributed by atoms with Gasteiger partial charge in [-0.3, -0.25) is 4.79 Å². The van der Waals surface area contributed by atoms with Crippen molar-refractivity contribution in [3.8, 4) is 17.2 Å². The molecule has 0 bridgehead atoms. The summed E-state index contributed by atoms with van der Waals surface area (Å²) in [7, 11) is 4.26. The Labute approximate surface area is 169 Å². The van der Waals surface area contributed by atoms with Crippen molar-refractivity contribution in [3.05, 3.63) is 33.8 Å². The van der Waals surface area contributed by atoms with E-state index < -0.39 is 29.1 Å². The Morgan fingerprint density at radius 2 is 1.76 bits per heavy atom. The second-order valence-electron chi connectivity index (χ2n) is 6.14. The number of ether oxygens (including phenoxy) is 3. The second kappa shape index (κ2) is 8.87. The minimum Gasteiger partial charge on any atom is -0.493 e. The molecule has 0 saturated heterocycles. The highest BCUT2D eigenvalue weighted by Crippen LogP contribution is 2.43. The predicted molar refractivity (Wildman–Crippen MR) is 99.4 cm³/mol. The minimum absolute atomic E-state index is 0.111. The van der Waals surface area contributed by atoms with Crippen LogP contribution in [0.1, 0.15) is 22.7 Å². The molecule has 11 heteroatoms. The average Bonchev–Trinajstić information content (AvgIpc) is 3.11. The van der Waals surface area contributed by atoms with Crippen molar-refractivity contribution in [1.82, 2.24) is 10.3 Å². The summed E-state index contributed by atoms with van der Waals surface area (Å²) in [4.78, 5) is 15.9. The number of carbonyl (C=O) groups is 1. The van der Waals surface area contributed by atoms with Crippen molar-refractivity contribution in [2.24, 2.45) is 0 Å². The molecule has 0 aliphatic heterocycles. The van der Waals surface area contributed by atoms with Crippen LogP contribution in [0, 0.1) is 6.92 Å². The highest BCUT2D eigenvalue weighted by molar-refractivity contribution is 7.09. The number of aromatic nitrogens is 1. The lowest BCUT2D eigenvalue weighted by Gasteiger charge is -2.27. The molecule has 0 spiro atoms. The predicted octanol–water partition coefficient (Wildman–Crippen LogP) is 2.93. The third-order valence-electron chi connectivity index (χ3n) is 4.07. The Morgan fingerprint density at radius 1 is 1.17 bits per heavy atom. The number of nitrogens with one attached hydrogen (secondary N) is 1. The lowest BCUT2D eigenvalue weighted by molar-refractivity contribution is -0.267. The van der Waals surface area contributed by atoms with E-state index in [1.165, 1.54) is 33.6 Å². The summed E-state index contributed by atoms with van der Waals surface area (Å²) in [6.45, 7) is 1.39. The molecule has 160 valence electrons. The number of alkyl halides is 3. The number of aryl methyl sites for hydroxylation is 1. The number of nitrogens with zero attached hydrogens (tertiary/aromatic N) is 1. The Hall–Kier alpha value is -2.53. The summed E-state index contributed by atoms with van der Waals surface area (Å²) >= 11 is 0.646. The third kappa shape index (κ3) is 4.91. The van der Waals surface area contributed by atoms with Gasteiger partial charge in [0.15, 0.2) is 11.5 Å². The highest BCUT2D eigenvalue weighted by atomic mass is 32.1. The fourth-order valence-corrected chi connectivity index (χ4v) is 3.49. The lowest BCUT2D eigenvalue weighted by atomic mass is 9.99. The number of methoxy groups -OCH3 is 3. The Kier molecular flexibility index (Phi) is 6.96. The van der Waals surface area contributed by atoms with E-state index in [4.69, 9.17) is 14.2 Å². The van der Waals surface area contributed by atoms with Crippen LogP contribution in [-0.4, -0.2) is 43.5 Å². The average molecular weight is 434 g/mol. The molecule has 29 heavy (non-hydrogen) atoms. The molecular formula is C18H21F3N2O5S. The molecule has 0 aliphatic carbocycles. The van der Waals surface area contributed by atoms with Crippen molar-refractivity contribution in [2.45, 2.75) is 31.7 Å². The fraction of sp³-hybridized carbons (Fsp3) is 0.444. The SMILES string of the molecule is COc1cc(CNC(=O)CC(O)(c2nc(C)cs2)C(F)(F)F)cc(OC)c1OC. The molecule has 7 nitrogen and oxygen atoms in total. The van der Waals surface area contributed by atoms with E-state index in [0.717, 1.165) is 0 Å². The highest BCUT2D eigenvalue weighted by Gasteiger charge is 2.58. The quantitative estimate of drug-likeness (QED) is 0.664. The maximum absolute atomic E-state index is 13.5. The van der Waals surface area contributed by atoms with E-state index in [1.54, 1.807) is 12.1 Å². The normalized spacial score (nSPS) is 13.5. The molecule has 1 heterocycles. The van der Waals surface area contributed by atoms with Gasteiger partial charge >= 0.3 is 6.18 Å². The Morgan fingerprint density at radius 3 is 2.17 bits per heavy atom. The van der Waals surface area contributed by atoms with Crippen molar-refractivity contribution in [3.63, 3.8) is 0 Å². The molecule has 0 saturated carbocycles. The van der Waals surface area contributed by atoms with Gasteiger partial charge in [-0.05, 0) is 24.6 Å². The molecular weight excluding hydrogens is 413 g/mol. The van der Waals surface area contributed by atoms with Crippen LogP contribution in [0.25, 0.3) is 0 Å². The summed E-state index contributed by atoms with van der Waals surface area (Å²) in [6.07, 6.45) is -6.28. The number of carbonyl (C=O) groups excluding carboxylic acids is 1. The first-order chi connectivity index (χ1) is 13.6. The summed E-state index contributed by atoms with van der Waals surface area (Å²) in [5.41, 5.74) is -2.54. The zero-order valence-corrected chi connectivity index (χ0v) is 17.0. The summed E-state index contributed by atoms with van der Waals surface area (Å²) in [5.74, 6) is 0.0180. The maximum Gasteiger partial charge on any atom is 0.424 e. The van der Waals surface area contributed by atoms with Crippen LogP contribution >= 0.6 is 11.3 Å². The van der Waals surface area contributed by atoms with Gasteiger partial charge in [-0.15, -0.1) is 11.3 Å². The van der Waals surface area contributed by atoms with Gasteiger partial charge in [0.2, 0.25) is 17.3 Å². The van der Waals surface area contributed by atoms with Gasteiger partial charge in [0.25, 0.3) is 0 Å². The van der Waals surface area contributed by atoms with Crippen LogP contribution in [0.5, 0.6) is 17.2 Å². The van der Waals surface area contributed by atoms with Gasteiger partial charge in [0.1, 0.15) is 5.01 Å². The topological polar surface area (TPSA) is 89.9 Å². The van der Waals surface area contributed by atoms with Gasteiger partial charge in [-0.25, -0.2) is 4.98 Å². The molecule has 1 unspecified atom stereocenters. The van der Waals surface area contributed by atoms with E-state index in [1.807, 2.05) is 0 Å². The first kappa shape index (κ1) is 22.8. The summed E-state index contributed by atoms with van der Waals surface area (Å²) < 4.78 is 56.1. The largest absolute Gasteiger partial charge is 0.493 e. The van der Waals surface area contributed by atoms with Gasteiger partial charge in [-0.1, -0.05) is 0 Å². The molecule has 0 aliphatic rings. The molecule has 1 aromatic carbocycles. The molecule has 0 fully saturated rings. The van der Waals surface area contributed by atoms with E-state index in [-0.39, 0.29) is 6.54 Å². The first-order valence-electron chi connectivity index (χ1n) is 8.33. The number of benzene rings is 1. The molecule has 1 amide bonds. The molecule has 2 aromatic rings. The molecule has 2 rings (SSSR count). The number of hydrogen-bond acceptors (Lipinski definition) is 7. The minimum atomic E-state index is -5.07. The van der Waals surface area contributed by atoms with Gasteiger partial charge in [-0.2, -0.15) is 13.2 Å². The van der Waals surface area contributed by atoms with Crippen LogP contribution in [0.15, 0.2) is 17.5 Å². The number of thiazole rings is 1. The van der Waals surface area contributed by atoms with Gasteiger partial charge < -0.3 is 24.6 Å². The third-order valence-corrected chi connectivity index (χ3v) is 5.18. The number of halogens is 3. The van der Waals surface area contributed by atoms with Crippen LogP contribution in [0.4, 0.5) is 13.2 Å². The lowest BCUT2D eigenvalue weighted by Crippen LogP contribution is -2.46. The molecule has 1 aromatic heterocycles. The van der Waals surface area contributed by atoms with Gasteiger partial charge in [0.05, 0.1) is 27.8 Å². The number of rotatable bonds is 8. The Balaban J connectivity index is 2.18. The number of aliphatic hydroxyl groups is 1. The van der Waals surface area contributed by atoms with Crippen LogP contribution in [0.2, 0.25) is 0 Å². The van der Waals surface area contributed by atoms with E-state index >= 15 is 0 Å². The van der Waals surface area contributed by atoms with Crippen molar-refractivity contribution in [1.29, 1.82) is 0 Å². The smallest absolute Gasteiger partial charge is 0.424 e. The standard InChI is InChI=1S/C18H21F3N2O5S/c1-10-9-29-16(23-10)17(25,18(19,20)21)7-14(24)22-8-11-5-12(26-2)15(28-4)13(6-11)27-3/h5-6,9,25H,7-8H2,1-4H3,(H,22,24). The maximum atomic E-state index is 13.5. The molecule has 1 atom stereocenters. The summed E-state index contributed by atoms with van der Waals surface area (Å²) in [6, 6.07) is 3.11. The zero-order chi connectivity index (χ0) is 21.8. The second-order valence-corrected chi connectivity index (χ2v) is 7.00.